The predicted molar refractivity (Wildman–Crippen MR) is 133 cm³/mol. The average molecular weight is 536 g/mol. The molecule has 176 valence electrons. The van der Waals surface area contributed by atoms with Crippen LogP contribution in [0.5, 0.6) is 0 Å². The third-order valence-corrected chi connectivity index (χ3v) is 9.02. The molecule has 34 heavy (non-hydrogen) atoms. The van der Waals surface area contributed by atoms with Crippen LogP contribution in [0.4, 0.5) is 5.82 Å². The number of hydrogen-bond acceptors (Lipinski definition) is 6. The molecule has 2 aromatic carbocycles. The number of rotatable bonds is 5. The van der Waals surface area contributed by atoms with Gasteiger partial charge in [-0.05, 0) is 56.2 Å². The first kappa shape index (κ1) is 23.3. The Morgan fingerprint density at radius 2 is 1.94 bits per heavy atom. The molecule has 8 nitrogen and oxygen atoms in total. The summed E-state index contributed by atoms with van der Waals surface area (Å²) in [4.78, 5) is 17.9. The lowest BCUT2D eigenvalue weighted by Gasteiger charge is -2.23. The number of thiazole rings is 1. The third-order valence-electron chi connectivity index (χ3n) is 5.55. The van der Waals surface area contributed by atoms with Gasteiger partial charge in [-0.1, -0.05) is 40.6 Å². The Kier molecular flexibility index (Phi) is 6.11. The molecule has 0 bridgehead atoms. The van der Waals surface area contributed by atoms with Crippen molar-refractivity contribution in [1.29, 1.82) is 0 Å². The molecule has 4 aromatic rings. The van der Waals surface area contributed by atoms with E-state index >= 15 is 0 Å². The zero-order valence-electron chi connectivity index (χ0n) is 17.9. The minimum atomic E-state index is -3.85. The quantitative estimate of drug-likeness (QED) is 0.392. The van der Waals surface area contributed by atoms with Gasteiger partial charge in [0.15, 0.2) is 0 Å². The predicted octanol–water partition coefficient (Wildman–Crippen LogP) is 4.89. The van der Waals surface area contributed by atoms with Gasteiger partial charge in [0.05, 0.1) is 20.3 Å². The number of benzene rings is 2. The summed E-state index contributed by atoms with van der Waals surface area (Å²) in [6.07, 6.45) is 1.00. The second-order valence-electron chi connectivity index (χ2n) is 7.88. The maximum atomic E-state index is 13.3. The Hall–Kier alpha value is -2.50. The van der Waals surface area contributed by atoms with E-state index in [4.69, 9.17) is 23.2 Å². The fraction of sp³-hybridized carbons (Fsp3) is 0.227. The van der Waals surface area contributed by atoms with Crippen molar-refractivity contribution in [2.24, 2.45) is 0 Å². The van der Waals surface area contributed by atoms with Crippen molar-refractivity contribution in [3.63, 3.8) is 0 Å². The molecule has 0 saturated carbocycles. The topological polar surface area (TPSA) is 97.2 Å². The van der Waals surface area contributed by atoms with Crippen molar-refractivity contribution < 1.29 is 13.2 Å². The van der Waals surface area contributed by atoms with Gasteiger partial charge in [-0.15, -0.1) is 0 Å². The van der Waals surface area contributed by atoms with Gasteiger partial charge in [0.1, 0.15) is 17.4 Å². The smallest absolute Gasteiger partial charge is 0.243 e. The van der Waals surface area contributed by atoms with Gasteiger partial charge in [0.25, 0.3) is 0 Å². The van der Waals surface area contributed by atoms with Gasteiger partial charge in [-0.3, -0.25) is 4.79 Å². The first-order chi connectivity index (χ1) is 16.2. The Morgan fingerprint density at radius 3 is 2.68 bits per heavy atom. The van der Waals surface area contributed by atoms with E-state index in [1.807, 2.05) is 12.1 Å². The fourth-order valence-electron chi connectivity index (χ4n) is 3.97. The molecule has 1 amide bonds. The molecule has 1 fully saturated rings. The summed E-state index contributed by atoms with van der Waals surface area (Å²) in [5.41, 5.74) is 1.34. The number of aryl methyl sites for hydroxylation is 1. The normalized spacial score (nSPS) is 16.9. The number of anilines is 1. The van der Waals surface area contributed by atoms with Crippen LogP contribution < -0.4 is 5.32 Å². The van der Waals surface area contributed by atoms with E-state index in [1.54, 1.807) is 23.7 Å². The monoisotopic (exact) mass is 535 g/mol. The molecule has 2 aromatic heterocycles. The van der Waals surface area contributed by atoms with E-state index in [9.17, 15) is 13.2 Å². The maximum absolute atomic E-state index is 13.3. The molecule has 5 rings (SSSR count). The van der Waals surface area contributed by atoms with E-state index < -0.39 is 22.0 Å². The number of amides is 1. The van der Waals surface area contributed by atoms with Crippen LogP contribution in [-0.4, -0.2) is 46.0 Å². The highest BCUT2D eigenvalue weighted by Gasteiger charge is 2.39. The number of hydrogen-bond donors (Lipinski definition) is 1. The highest BCUT2D eigenvalue weighted by atomic mass is 35.5. The van der Waals surface area contributed by atoms with Gasteiger partial charge in [-0.25, -0.2) is 13.4 Å². The Bertz CT molecular complexity index is 1500. The minimum absolute atomic E-state index is 0.101. The number of halogens is 2. The van der Waals surface area contributed by atoms with Crippen LogP contribution in [0.15, 0.2) is 53.4 Å². The van der Waals surface area contributed by atoms with Gasteiger partial charge in [-0.2, -0.15) is 14.1 Å². The Morgan fingerprint density at radius 1 is 1.18 bits per heavy atom. The third kappa shape index (κ3) is 4.20. The first-order valence-corrected chi connectivity index (χ1v) is 13.5. The van der Waals surface area contributed by atoms with E-state index in [2.05, 4.69) is 15.4 Å². The first-order valence-electron chi connectivity index (χ1n) is 10.4. The van der Waals surface area contributed by atoms with Crippen LogP contribution in [0.3, 0.4) is 0 Å². The summed E-state index contributed by atoms with van der Waals surface area (Å²) in [6, 6.07) is 12.3. The zero-order valence-corrected chi connectivity index (χ0v) is 21.0. The number of carbonyl (C=O) groups excluding carboxylic acids is 1. The lowest BCUT2D eigenvalue weighted by Crippen LogP contribution is -2.43. The van der Waals surface area contributed by atoms with Gasteiger partial charge in [0.2, 0.25) is 21.1 Å². The zero-order chi connectivity index (χ0) is 24.0. The largest absolute Gasteiger partial charge is 0.309 e. The summed E-state index contributed by atoms with van der Waals surface area (Å²) >= 11 is 13.6. The van der Waals surface area contributed by atoms with Crippen molar-refractivity contribution in [2.75, 3.05) is 11.9 Å². The highest BCUT2D eigenvalue weighted by molar-refractivity contribution is 7.89. The van der Waals surface area contributed by atoms with Crippen molar-refractivity contribution in [1.82, 2.24) is 19.1 Å². The van der Waals surface area contributed by atoms with E-state index in [0.29, 0.717) is 45.0 Å². The molecule has 1 aliphatic rings. The minimum Gasteiger partial charge on any atom is -0.309 e. The Labute approximate surface area is 210 Å². The molecule has 3 heterocycles. The standard InChI is InChI=1S/C22H19Cl2N5O3S2/c1-13-12-19(29(27-13)22-26-20-16(24)4-2-6-18(20)33-22)25-21(30)17-5-3-11-28(17)34(31,32)15-9-7-14(23)8-10-15/h2,4,6-10,12,17H,3,5,11H2,1H3,(H,25,30). The molecule has 1 aliphatic heterocycles. The summed E-state index contributed by atoms with van der Waals surface area (Å²) in [5.74, 6) is -0.0104. The van der Waals surface area contributed by atoms with E-state index in [-0.39, 0.29) is 11.4 Å². The van der Waals surface area contributed by atoms with Crippen LogP contribution in [0.2, 0.25) is 10.0 Å². The Balaban J connectivity index is 1.43. The number of para-hydroxylation sites is 1. The number of carbonyl (C=O) groups is 1. The molecule has 12 heteroatoms. The van der Waals surface area contributed by atoms with E-state index in [0.717, 1.165) is 4.70 Å². The second-order valence-corrected chi connectivity index (χ2v) is 11.6. The second kappa shape index (κ2) is 8.94. The SMILES string of the molecule is Cc1cc(NC(=O)C2CCCN2S(=O)(=O)c2ccc(Cl)cc2)n(-c2nc3c(Cl)cccc3s2)n1. The number of sulfonamides is 1. The van der Waals surface area contributed by atoms with Crippen molar-refractivity contribution >= 4 is 66.5 Å². The van der Waals surface area contributed by atoms with Crippen LogP contribution in [0.1, 0.15) is 18.5 Å². The number of nitrogens with one attached hydrogen (secondary N) is 1. The van der Waals surface area contributed by atoms with Crippen LogP contribution >= 0.6 is 34.5 Å². The summed E-state index contributed by atoms with van der Waals surface area (Å²) in [7, 11) is -3.85. The number of aromatic nitrogens is 3. The molecule has 1 N–H and O–H groups in total. The highest BCUT2D eigenvalue weighted by Crippen LogP contribution is 2.32. The lowest BCUT2D eigenvalue weighted by molar-refractivity contribution is -0.119. The summed E-state index contributed by atoms with van der Waals surface area (Å²) < 4.78 is 30.1. The summed E-state index contributed by atoms with van der Waals surface area (Å²) in [6.45, 7) is 2.07. The molecule has 0 spiro atoms. The van der Waals surface area contributed by atoms with Gasteiger partial charge >= 0.3 is 0 Å². The molecular weight excluding hydrogens is 517 g/mol. The van der Waals surface area contributed by atoms with Crippen LogP contribution in [0.25, 0.3) is 15.3 Å². The molecule has 1 atom stereocenters. The number of nitrogens with zero attached hydrogens (tertiary/aromatic N) is 4. The van der Waals surface area contributed by atoms with Gasteiger partial charge in [0, 0.05) is 17.6 Å². The average Bonchev–Trinajstić information content (AvgIpc) is 3.52. The fourth-order valence-corrected chi connectivity index (χ4v) is 6.98. The van der Waals surface area contributed by atoms with Crippen LogP contribution in [-0.2, 0) is 14.8 Å². The van der Waals surface area contributed by atoms with Crippen molar-refractivity contribution in [3.05, 3.63) is 64.3 Å². The van der Waals surface area contributed by atoms with E-state index in [1.165, 1.54) is 39.9 Å². The molecule has 1 unspecified atom stereocenters. The van der Waals surface area contributed by atoms with Crippen molar-refractivity contribution in [3.8, 4) is 5.13 Å². The molecule has 1 saturated heterocycles. The summed E-state index contributed by atoms with van der Waals surface area (Å²) in [5, 5.41) is 8.85. The van der Waals surface area contributed by atoms with Crippen molar-refractivity contribution in [2.45, 2.75) is 30.7 Å². The van der Waals surface area contributed by atoms with Gasteiger partial charge < -0.3 is 5.32 Å². The molecule has 0 aliphatic carbocycles. The number of fused-ring (bicyclic) bond motifs is 1. The van der Waals surface area contributed by atoms with Crippen LogP contribution in [0, 0.1) is 6.92 Å². The molecular formula is C22H19Cl2N5O3S2. The molecule has 0 radical (unpaired) electrons. The maximum Gasteiger partial charge on any atom is 0.243 e. The lowest BCUT2D eigenvalue weighted by atomic mass is 10.2.